The van der Waals surface area contributed by atoms with Crippen molar-refractivity contribution in [1.29, 1.82) is 0 Å². The minimum absolute atomic E-state index is 0.0322. The molecule has 88 valence electrons. The number of aryl methyl sites for hydroxylation is 1. The number of pyridine rings is 1. The van der Waals surface area contributed by atoms with Crippen LogP contribution in [0.15, 0.2) is 39.7 Å². The Kier molecular flexibility index (Phi) is 3.28. The number of benzene rings is 1. The van der Waals surface area contributed by atoms with Crippen molar-refractivity contribution in [2.45, 2.75) is 13.0 Å². The van der Waals surface area contributed by atoms with Crippen LogP contribution in [-0.2, 0) is 11.3 Å². The molecule has 1 aromatic carbocycles. The number of nitrogens with zero attached hydrogens (tertiary/aromatic N) is 1. The maximum absolute atomic E-state index is 11.6. The van der Waals surface area contributed by atoms with E-state index >= 15 is 0 Å². The SMILES string of the molecule is O=C(O)CCn1ccc(=O)c2ccc(Br)cc21. The Bertz CT molecular complexity index is 633. The van der Waals surface area contributed by atoms with E-state index in [1.807, 2.05) is 6.07 Å². The first-order valence-electron chi connectivity index (χ1n) is 5.08. The fraction of sp³-hybridized carbons (Fsp3) is 0.167. The van der Waals surface area contributed by atoms with Gasteiger partial charge in [0, 0.05) is 28.7 Å². The molecule has 0 radical (unpaired) electrons. The maximum atomic E-state index is 11.6. The zero-order chi connectivity index (χ0) is 12.4. The largest absolute Gasteiger partial charge is 0.481 e. The molecule has 2 aromatic rings. The van der Waals surface area contributed by atoms with Gasteiger partial charge in [0.25, 0.3) is 0 Å². The minimum Gasteiger partial charge on any atom is -0.481 e. The predicted octanol–water partition coefficient (Wildman–Crippen LogP) is 2.24. The van der Waals surface area contributed by atoms with Gasteiger partial charge in [-0.1, -0.05) is 15.9 Å². The molecular formula is C12H10BrNO3. The fourth-order valence-corrected chi connectivity index (χ4v) is 2.04. The highest BCUT2D eigenvalue weighted by molar-refractivity contribution is 9.10. The summed E-state index contributed by atoms with van der Waals surface area (Å²) in [7, 11) is 0. The first-order chi connectivity index (χ1) is 8.08. The molecule has 0 spiro atoms. The quantitative estimate of drug-likeness (QED) is 0.945. The number of fused-ring (bicyclic) bond motifs is 1. The Morgan fingerprint density at radius 2 is 2.12 bits per heavy atom. The summed E-state index contributed by atoms with van der Waals surface area (Å²) < 4.78 is 2.63. The number of halogens is 1. The van der Waals surface area contributed by atoms with Crippen LogP contribution in [-0.4, -0.2) is 15.6 Å². The Hall–Kier alpha value is -1.62. The molecule has 2 rings (SSSR count). The van der Waals surface area contributed by atoms with Gasteiger partial charge in [0.05, 0.1) is 11.9 Å². The molecule has 0 aliphatic heterocycles. The second-order valence-corrected chi connectivity index (χ2v) is 4.59. The number of hydrogen-bond acceptors (Lipinski definition) is 2. The highest BCUT2D eigenvalue weighted by Gasteiger charge is 2.05. The lowest BCUT2D eigenvalue weighted by Crippen LogP contribution is -2.10. The molecule has 1 heterocycles. The third-order valence-electron chi connectivity index (χ3n) is 2.51. The van der Waals surface area contributed by atoms with Crippen LogP contribution in [0.3, 0.4) is 0 Å². The third kappa shape index (κ3) is 2.55. The Morgan fingerprint density at radius 1 is 1.35 bits per heavy atom. The molecule has 4 nitrogen and oxygen atoms in total. The summed E-state index contributed by atoms with van der Waals surface area (Å²) in [5, 5.41) is 9.27. The van der Waals surface area contributed by atoms with Crippen LogP contribution in [0.2, 0.25) is 0 Å². The first-order valence-corrected chi connectivity index (χ1v) is 5.88. The summed E-state index contributed by atoms with van der Waals surface area (Å²) in [6, 6.07) is 6.81. The first kappa shape index (κ1) is 11.9. The van der Waals surface area contributed by atoms with Crippen molar-refractivity contribution < 1.29 is 9.90 Å². The van der Waals surface area contributed by atoms with Gasteiger partial charge >= 0.3 is 5.97 Å². The third-order valence-corrected chi connectivity index (χ3v) is 3.00. The molecule has 1 N–H and O–H groups in total. The number of aromatic nitrogens is 1. The molecule has 0 saturated heterocycles. The van der Waals surface area contributed by atoms with Gasteiger partial charge in [-0.2, -0.15) is 0 Å². The lowest BCUT2D eigenvalue weighted by Gasteiger charge is -2.09. The predicted molar refractivity (Wildman–Crippen MR) is 68.2 cm³/mol. The molecule has 0 aliphatic rings. The van der Waals surface area contributed by atoms with Crippen molar-refractivity contribution in [2.75, 3.05) is 0 Å². The van der Waals surface area contributed by atoms with Gasteiger partial charge in [-0.3, -0.25) is 9.59 Å². The van der Waals surface area contributed by atoms with Crippen LogP contribution in [0.4, 0.5) is 0 Å². The minimum atomic E-state index is -0.855. The van der Waals surface area contributed by atoms with Gasteiger partial charge in [-0.25, -0.2) is 0 Å². The normalized spacial score (nSPS) is 10.6. The van der Waals surface area contributed by atoms with E-state index in [0.717, 1.165) is 9.99 Å². The monoisotopic (exact) mass is 295 g/mol. The van der Waals surface area contributed by atoms with Gasteiger partial charge in [0.2, 0.25) is 0 Å². The number of carboxylic acid groups (broad SMARTS) is 1. The average molecular weight is 296 g/mol. The van der Waals surface area contributed by atoms with E-state index in [9.17, 15) is 9.59 Å². The summed E-state index contributed by atoms with van der Waals surface area (Å²) >= 11 is 3.34. The van der Waals surface area contributed by atoms with Crippen molar-refractivity contribution in [3.8, 4) is 0 Å². The molecular weight excluding hydrogens is 286 g/mol. The summed E-state index contributed by atoms with van der Waals surface area (Å²) in [4.78, 5) is 22.2. The van der Waals surface area contributed by atoms with Gasteiger partial charge in [0.15, 0.2) is 5.43 Å². The summed E-state index contributed by atoms with van der Waals surface area (Å²) in [5.41, 5.74) is 0.687. The fourth-order valence-electron chi connectivity index (χ4n) is 1.69. The zero-order valence-corrected chi connectivity index (χ0v) is 10.5. The zero-order valence-electron chi connectivity index (χ0n) is 8.89. The molecule has 0 unspecified atom stereocenters. The molecule has 0 aliphatic carbocycles. The van der Waals surface area contributed by atoms with Crippen LogP contribution in [0.25, 0.3) is 10.9 Å². The van der Waals surface area contributed by atoms with E-state index in [0.29, 0.717) is 11.9 Å². The van der Waals surface area contributed by atoms with E-state index in [2.05, 4.69) is 15.9 Å². The van der Waals surface area contributed by atoms with Crippen molar-refractivity contribution in [1.82, 2.24) is 4.57 Å². The highest BCUT2D eigenvalue weighted by atomic mass is 79.9. The number of aliphatic carboxylic acids is 1. The van der Waals surface area contributed by atoms with Crippen LogP contribution in [0, 0.1) is 0 Å². The molecule has 17 heavy (non-hydrogen) atoms. The van der Waals surface area contributed by atoms with Gasteiger partial charge in [-0.05, 0) is 18.2 Å². The van der Waals surface area contributed by atoms with E-state index in [-0.39, 0.29) is 11.8 Å². The Morgan fingerprint density at radius 3 is 2.82 bits per heavy atom. The van der Waals surface area contributed by atoms with Gasteiger partial charge in [-0.15, -0.1) is 0 Å². The van der Waals surface area contributed by atoms with E-state index < -0.39 is 5.97 Å². The standard InChI is InChI=1S/C12H10BrNO3/c13-8-1-2-9-10(7-8)14(5-3-11(9)15)6-4-12(16)17/h1-3,5,7H,4,6H2,(H,16,17). The van der Waals surface area contributed by atoms with E-state index in [4.69, 9.17) is 5.11 Å². The molecule has 0 atom stereocenters. The summed E-state index contributed by atoms with van der Waals surface area (Å²) in [6.07, 6.45) is 1.66. The number of rotatable bonds is 3. The average Bonchev–Trinajstić information content (AvgIpc) is 2.28. The molecule has 5 heteroatoms. The second kappa shape index (κ2) is 4.71. The molecule has 0 bridgehead atoms. The van der Waals surface area contributed by atoms with Crippen LogP contribution < -0.4 is 5.43 Å². The lowest BCUT2D eigenvalue weighted by molar-refractivity contribution is -0.137. The van der Waals surface area contributed by atoms with Crippen molar-refractivity contribution >= 4 is 32.8 Å². The Labute approximate surface area is 106 Å². The smallest absolute Gasteiger partial charge is 0.305 e. The number of hydrogen-bond donors (Lipinski definition) is 1. The van der Waals surface area contributed by atoms with Gasteiger partial charge in [0.1, 0.15) is 0 Å². The van der Waals surface area contributed by atoms with Crippen molar-refractivity contribution in [3.63, 3.8) is 0 Å². The van der Waals surface area contributed by atoms with E-state index in [1.54, 1.807) is 22.9 Å². The second-order valence-electron chi connectivity index (χ2n) is 3.68. The molecule has 0 saturated carbocycles. The Balaban J connectivity index is 2.56. The lowest BCUT2D eigenvalue weighted by atomic mass is 10.2. The van der Waals surface area contributed by atoms with Crippen LogP contribution in [0.1, 0.15) is 6.42 Å². The van der Waals surface area contributed by atoms with Crippen molar-refractivity contribution in [2.24, 2.45) is 0 Å². The molecule has 0 amide bonds. The highest BCUT2D eigenvalue weighted by Crippen LogP contribution is 2.17. The maximum Gasteiger partial charge on any atom is 0.305 e. The molecule has 0 fully saturated rings. The number of carboxylic acids is 1. The van der Waals surface area contributed by atoms with Crippen molar-refractivity contribution in [3.05, 3.63) is 45.2 Å². The van der Waals surface area contributed by atoms with Gasteiger partial charge < -0.3 is 9.67 Å². The topological polar surface area (TPSA) is 59.3 Å². The molecule has 1 aromatic heterocycles. The number of carbonyl (C=O) groups is 1. The van der Waals surface area contributed by atoms with E-state index in [1.165, 1.54) is 6.07 Å². The summed E-state index contributed by atoms with van der Waals surface area (Å²) in [5.74, 6) is -0.855. The van der Waals surface area contributed by atoms with Crippen LogP contribution >= 0.6 is 15.9 Å². The summed E-state index contributed by atoms with van der Waals surface area (Å²) in [6.45, 7) is 0.350. The van der Waals surface area contributed by atoms with Crippen LogP contribution in [0.5, 0.6) is 0 Å².